The van der Waals surface area contributed by atoms with Crippen molar-refractivity contribution < 1.29 is 9.90 Å². The molecule has 0 radical (unpaired) electrons. The fourth-order valence-corrected chi connectivity index (χ4v) is 3.72. The molecular weight excluding hydrogens is 324 g/mol. The Morgan fingerprint density at radius 2 is 1.62 bits per heavy atom. The van der Waals surface area contributed by atoms with Gasteiger partial charge in [-0.1, -0.05) is 36.4 Å². The molecule has 2 heterocycles. The lowest BCUT2D eigenvalue weighted by atomic mass is 10.0. The van der Waals surface area contributed by atoms with Crippen LogP contribution in [0.5, 0.6) is 5.75 Å². The number of ketones is 1. The lowest BCUT2D eigenvalue weighted by molar-refractivity contribution is 0.0973. The summed E-state index contributed by atoms with van der Waals surface area (Å²) in [7, 11) is 0. The number of hydrogen-bond donors (Lipinski definition) is 1. The van der Waals surface area contributed by atoms with E-state index in [-0.39, 0.29) is 11.5 Å². The summed E-state index contributed by atoms with van der Waals surface area (Å²) in [6.07, 6.45) is 0.502. The maximum Gasteiger partial charge on any atom is 0.166 e. The SMILES string of the molecule is O=C1CCn2c(-c3cccc(-c4cccc(O)c4)c3)nc3cccc1c32. The Balaban J connectivity index is 1.70. The molecule has 0 bridgehead atoms. The van der Waals surface area contributed by atoms with Gasteiger partial charge in [-0.3, -0.25) is 4.79 Å². The summed E-state index contributed by atoms with van der Waals surface area (Å²) < 4.78 is 2.15. The number of imidazole rings is 1. The third-order valence-electron chi connectivity index (χ3n) is 4.93. The number of aromatic hydroxyl groups is 1. The van der Waals surface area contributed by atoms with E-state index in [0.717, 1.165) is 39.1 Å². The second-order valence-electron chi connectivity index (χ2n) is 6.56. The number of phenols is 1. The summed E-state index contributed by atoms with van der Waals surface area (Å²) in [5.74, 6) is 1.31. The molecule has 0 saturated carbocycles. The third kappa shape index (κ3) is 2.23. The van der Waals surface area contributed by atoms with Crippen molar-refractivity contribution in [1.82, 2.24) is 9.55 Å². The molecule has 0 aliphatic carbocycles. The number of Topliss-reactive ketones (excluding diaryl/α,β-unsaturated/α-hetero) is 1. The van der Waals surface area contributed by atoms with Crippen molar-refractivity contribution in [3.05, 3.63) is 72.3 Å². The standard InChI is InChI=1S/C22H16N2O2/c25-17-7-2-5-15(13-17)14-4-1-6-16(12-14)22-23-19-9-3-8-18-20(26)10-11-24(22)21(18)19/h1-9,12-13,25H,10-11H2. The summed E-state index contributed by atoms with van der Waals surface area (Å²) in [6, 6.07) is 21.1. The van der Waals surface area contributed by atoms with Crippen LogP contribution in [-0.2, 0) is 6.54 Å². The van der Waals surface area contributed by atoms with Crippen molar-refractivity contribution in [3.63, 3.8) is 0 Å². The van der Waals surface area contributed by atoms with E-state index in [1.165, 1.54) is 0 Å². The highest BCUT2D eigenvalue weighted by Crippen LogP contribution is 2.33. The first-order valence-electron chi connectivity index (χ1n) is 8.63. The van der Waals surface area contributed by atoms with Gasteiger partial charge in [-0.2, -0.15) is 0 Å². The molecule has 5 rings (SSSR count). The largest absolute Gasteiger partial charge is 0.508 e. The maximum absolute atomic E-state index is 12.2. The van der Waals surface area contributed by atoms with Gasteiger partial charge in [0.05, 0.1) is 11.0 Å². The molecule has 4 aromatic rings. The van der Waals surface area contributed by atoms with Crippen LogP contribution >= 0.6 is 0 Å². The predicted octanol–water partition coefficient (Wildman–Crippen LogP) is 4.66. The zero-order chi connectivity index (χ0) is 17.7. The monoisotopic (exact) mass is 340 g/mol. The number of rotatable bonds is 2. The average Bonchev–Trinajstić information content (AvgIpc) is 3.05. The minimum atomic E-state index is 0.183. The van der Waals surface area contributed by atoms with Crippen LogP contribution in [-0.4, -0.2) is 20.4 Å². The summed E-state index contributed by atoms with van der Waals surface area (Å²) in [4.78, 5) is 17.0. The Labute approximate surface area is 150 Å². The first-order chi connectivity index (χ1) is 12.7. The molecule has 0 amide bonds. The van der Waals surface area contributed by atoms with Gasteiger partial charge in [0.1, 0.15) is 11.6 Å². The van der Waals surface area contributed by atoms with Crippen LogP contribution in [0.1, 0.15) is 16.8 Å². The van der Waals surface area contributed by atoms with Gasteiger partial charge in [-0.05, 0) is 41.5 Å². The number of carbonyl (C=O) groups excluding carboxylic acids is 1. The number of hydrogen-bond acceptors (Lipinski definition) is 3. The van der Waals surface area contributed by atoms with Gasteiger partial charge >= 0.3 is 0 Å². The number of benzene rings is 3. The summed E-state index contributed by atoms with van der Waals surface area (Å²) in [5.41, 5.74) is 5.52. The lowest BCUT2D eigenvalue weighted by Crippen LogP contribution is -2.14. The molecule has 1 aliphatic heterocycles. The molecule has 1 aromatic heterocycles. The van der Waals surface area contributed by atoms with Crippen LogP contribution in [0.25, 0.3) is 33.5 Å². The zero-order valence-corrected chi connectivity index (χ0v) is 14.0. The van der Waals surface area contributed by atoms with E-state index < -0.39 is 0 Å². The molecule has 4 heteroatoms. The highest BCUT2D eigenvalue weighted by molar-refractivity contribution is 6.08. The maximum atomic E-state index is 12.2. The molecule has 4 nitrogen and oxygen atoms in total. The minimum Gasteiger partial charge on any atom is -0.508 e. The van der Waals surface area contributed by atoms with Gasteiger partial charge in [0.2, 0.25) is 0 Å². The van der Waals surface area contributed by atoms with E-state index in [1.807, 2.05) is 48.5 Å². The number of carbonyl (C=O) groups is 1. The van der Waals surface area contributed by atoms with Crippen molar-refractivity contribution in [2.75, 3.05) is 0 Å². The molecule has 3 aromatic carbocycles. The van der Waals surface area contributed by atoms with Gasteiger partial charge in [0.25, 0.3) is 0 Å². The molecule has 0 spiro atoms. The Morgan fingerprint density at radius 1 is 0.885 bits per heavy atom. The van der Waals surface area contributed by atoms with Gasteiger partial charge in [-0.15, -0.1) is 0 Å². The molecule has 0 atom stereocenters. The Hall–Kier alpha value is -3.40. The molecule has 0 saturated heterocycles. The second-order valence-corrected chi connectivity index (χ2v) is 6.56. The molecule has 1 N–H and O–H groups in total. The first kappa shape index (κ1) is 14.9. The highest BCUT2D eigenvalue weighted by atomic mass is 16.3. The van der Waals surface area contributed by atoms with Crippen LogP contribution in [0, 0.1) is 0 Å². The predicted molar refractivity (Wildman–Crippen MR) is 101 cm³/mol. The van der Waals surface area contributed by atoms with Crippen LogP contribution < -0.4 is 0 Å². The number of aryl methyl sites for hydroxylation is 1. The quantitative estimate of drug-likeness (QED) is 0.577. The first-order valence-corrected chi connectivity index (χ1v) is 8.63. The van der Waals surface area contributed by atoms with Gasteiger partial charge in [-0.25, -0.2) is 4.98 Å². The van der Waals surface area contributed by atoms with Crippen LogP contribution in [0.15, 0.2) is 66.7 Å². The van der Waals surface area contributed by atoms with Gasteiger partial charge in [0.15, 0.2) is 5.78 Å². The molecule has 26 heavy (non-hydrogen) atoms. The smallest absolute Gasteiger partial charge is 0.166 e. The molecule has 1 aliphatic rings. The van der Waals surface area contributed by atoms with Crippen LogP contribution in [0.2, 0.25) is 0 Å². The van der Waals surface area contributed by atoms with Crippen molar-refractivity contribution in [1.29, 1.82) is 0 Å². The molecule has 0 unspecified atom stereocenters. The summed E-state index contributed by atoms with van der Waals surface area (Å²) >= 11 is 0. The topological polar surface area (TPSA) is 55.1 Å². The lowest BCUT2D eigenvalue weighted by Gasteiger charge is -2.16. The molecular formula is C22H16N2O2. The molecule has 126 valence electrons. The number of aromatic nitrogens is 2. The fourth-order valence-electron chi connectivity index (χ4n) is 3.72. The van der Waals surface area contributed by atoms with E-state index in [1.54, 1.807) is 12.1 Å². The second kappa shape index (κ2) is 5.56. The number of phenolic OH excluding ortho intramolecular Hbond substituents is 1. The third-order valence-corrected chi connectivity index (χ3v) is 4.93. The minimum absolute atomic E-state index is 0.183. The summed E-state index contributed by atoms with van der Waals surface area (Å²) in [5, 5.41) is 9.75. The van der Waals surface area contributed by atoms with Crippen molar-refractivity contribution in [2.24, 2.45) is 0 Å². The van der Waals surface area contributed by atoms with E-state index >= 15 is 0 Å². The zero-order valence-electron chi connectivity index (χ0n) is 14.0. The Morgan fingerprint density at radius 3 is 2.46 bits per heavy atom. The Kier molecular flexibility index (Phi) is 3.19. The van der Waals surface area contributed by atoms with E-state index in [0.29, 0.717) is 13.0 Å². The van der Waals surface area contributed by atoms with E-state index in [9.17, 15) is 9.90 Å². The summed E-state index contributed by atoms with van der Waals surface area (Å²) in [6.45, 7) is 0.651. The van der Waals surface area contributed by atoms with Crippen LogP contribution in [0.4, 0.5) is 0 Å². The average molecular weight is 340 g/mol. The highest BCUT2D eigenvalue weighted by Gasteiger charge is 2.23. The van der Waals surface area contributed by atoms with E-state index in [4.69, 9.17) is 4.98 Å². The van der Waals surface area contributed by atoms with Crippen molar-refractivity contribution in [2.45, 2.75) is 13.0 Å². The number of para-hydroxylation sites is 1. The van der Waals surface area contributed by atoms with Gasteiger partial charge < -0.3 is 9.67 Å². The van der Waals surface area contributed by atoms with Gasteiger partial charge in [0, 0.05) is 24.1 Å². The molecule has 0 fully saturated rings. The fraction of sp³-hybridized carbons (Fsp3) is 0.0909. The normalized spacial score (nSPS) is 13.3. The van der Waals surface area contributed by atoms with E-state index in [2.05, 4.69) is 10.6 Å². The van der Waals surface area contributed by atoms with Crippen molar-refractivity contribution >= 4 is 16.8 Å². The van der Waals surface area contributed by atoms with Crippen LogP contribution in [0.3, 0.4) is 0 Å². The number of nitrogens with zero attached hydrogens (tertiary/aromatic N) is 2. The Bertz CT molecular complexity index is 1170. The van der Waals surface area contributed by atoms with Crippen molar-refractivity contribution in [3.8, 4) is 28.3 Å².